The Morgan fingerprint density at radius 1 is 1.32 bits per heavy atom. The van der Waals surface area contributed by atoms with Crippen LogP contribution in [0.5, 0.6) is 0 Å². The van der Waals surface area contributed by atoms with E-state index in [4.69, 9.17) is 5.73 Å². The second-order valence-corrected chi connectivity index (χ2v) is 5.03. The van der Waals surface area contributed by atoms with Crippen LogP contribution in [0.3, 0.4) is 0 Å². The van der Waals surface area contributed by atoms with Crippen LogP contribution in [0.15, 0.2) is 12.5 Å². The number of fused-ring (bicyclic) bond motifs is 1. The molecule has 1 aliphatic heterocycles. The summed E-state index contributed by atoms with van der Waals surface area (Å²) in [4.78, 5) is 22.9. The second kappa shape index (κ2) is 7.74. The predicted octanol–water partition coefficient (Wildman–Crippen LogP) is 1.64. The van der Waals surface area contributed by atoms with E-state index >= 15 is 0 Å². The van der Waals surface area contributed by atoms with E-state index in [0.717, 1.165) is 37.9 Å². The van der Waals surface area contributed by atoms with Crippen molar-refractivity contribution in [3.63, 3.8) is 0 Å². The molecule has 2 aromatic heterocycles. The smallest absolute Gasteiger partial charge is 0.252 e. The van der Waals surface area contributed by atoms with Gasteiger partial charge in [-0.05, 0) is 32.4 Å². The van der Waals surface area contributed by atoms with Gasteiger partial charge in [0.1, 0.15) is 5.52 Å². The summed E-state index contributed by atoms with van der Waals surface area (Å²) in [5.41, 5.74) is 7.88. The summed E-state index contributed by atoms with van der Waals surface area (Å²) in [6.07, 6.45) is 6.24. The van der Waals surface area contributed by atoms with Gasteiger partial charge < -0.3 is 21.4 Å². The molecule has 0 bridgehead atoms. The molecule has 120 valence electrons. The molecule has 1 aliphatic rings. The van der Waals surface area contributed by atoms with E-state index in [1.165, 1.54) is 6.20 Å². The highest BCUT2D eigenvalue weighted by molar-refractivity contribution is 6.04. The van der Waals surface area contributed by atoms with Crippen molar-refractivity contribution in [3.8, 4) is 0 Å². The summed E-state index contributed by atoms with van der Waals surface area (Å²) in [6, 6.07) is 0.317. The van der Waals surface area contributed by atoms with Crippen LogP contribution in [-0.2, 0) is 0 Å². The zero-order valence-electron chi connectivity index (χ0n) is 13.1. The van der Waals surface area contributed by atoms with Crippen LogP contribution in [0.1, 0.15) is 43.5 Å². The molecule has 3 rings (SSSR count). The maximum absolute atomic E-state index is 11.6. The molecule has 7 heteroatoms. The zero-order chi connectivity index (χ0) is 15.9. The number of amides is 1. The highest BCUT2D eigenvalue weighted by Crippen LogP contribution is 2.25. The number of imidazole rings is 1. The minimum Gasteiger partial charge on any atom is -0.380 e. The molecule has 1 unspecified atom stereocenters. The molecule has 5 N–H and O–H groups in total. The molecule has 7 nitrogen and oxygen atoms in total. The van der Waals surface area contributed by atoms with Crippen LogP contribution in [0, 0.1) is 0 Å². The number of aromatic nitrogens is 3. The van der Waals surface area contributed by atoms with Gasteiger partial charge in [-0.3, -0.25) is 4.79 Å². The molecule has 0 spiro atoms. The first kappa shape index (κ1) is 16.2. The van der Waals surface area contributed by atoms with Crippen molar-refractivity contribution in [2.24, 2.45) is 5.73 Å². The first-order valence-electron chi connectivity index (χ1n) is 7.85. The van der Waals surface area contributed by atoms with Crippen molar-refractivity contribution in [2.45, 2.75) is 39.2 Å². The van der Waals surface area contributed by atoms with Gasteiger partial charge in [0.2, 0.25) is 0 Å². The van der Waals surface area contributed by atoms with E-state index in [1.54, 1.807) is 6.33 Å². The average Bonchev–Trinajstić information content (AvgIpc) is 2.87. The quantitative estimate of drug-likeness (QED) is 0.689. The molecule has 0 aliphatic carbocycles. The number of carbonyl (C=O) groups excluding carboxylic acids is 1. The van der Waals surface area contributed by atoms with Gasteiger partial charge in [-0.25, -0.2) is 9.97 Å². The maximum Gasteiger partial charge on any atom is 0.252 e. The van der Waals surface area contributed by atoms with Crippen molar-refractivity contribution >= 4 is 22.8 Å². The van der Waals surface area contributed by atoms with Crippen LogP contribution in [0.25, 0.3) is 11.2 Å². The van der Waals surface area contributed by atoms with Gasteiger partial charge in [0, 0.05) is 12.2 Å². The molecule has 1 amide bonds. The lowest BCUT2D eigenvalue weighted by molar-refractivity contribution is 0.100. The summed E-state index contributed by atoms with van der Waals surface area (Å²) in [5, 5.41) is 6.82. The summed E-state index contributed by atoms with van der Waals surface area (Å²) >= 11 is 0. The molecule has 0 saturated carbocycles. The second-order valence-electron chi connectivity index (χ2n) is 5.03. The SMILES string of the molecule is CC.NC(=O)c1cnc2nc[nH]c2c1NC1CCCNCC1. The van der Waals surface area contributed by atoms with Crippen molar-refractivity contribution < 1.29 is 4.79 Å². The van der Waals surface area contributed by atoms with Gasteiger partial charge >= 0.3 is 0 Å². The minimum atomic E-state index is -0.483. The third kappa shape index (κ3) is 3.54. The van der Waals surface area contributed by atoms with E-state index in [9.17, 15) is 4.79 Å². The van der Waals surface area contributed by atoms with Crippen molar-refractivity contribution in [1.29, 1.82) is 0 Å². The number of pyridine rings is 1. The number of aromatic amines is 1. The third-order valence-electron chi connectivity index (χ3n) is 3.64. The minimum absolute atomic E-state index is 0.317. The number of carbonyl (C=O) groups is 1. The summed E-state index contributed by atoms with van der Waals surface area (Å²) in [5.74, 6) is -0.483. The highest BCUT2D eigenvalue weighted by atomic mass is 16.1. The van der Waals surface area contributed by atoms with E-state index in [-0.39, 0.29) is 0 Å². The van der Waals surface area contributed by atoms with E-state index in [0.29, 0.717) is 22.9 Å². The first-order chi connectivity index (χ1) is 10.8. The lowest BCUT2D eigenvalue weighted by Gasteiger charge is -2.19. The van der Waals surface area contributed by atoms with Crippen LogP contribution in [-0.4, -0.2) is 40.0 Å². The number of nitrogens with one attached hydrogen (secondary N) is 3. The normalized spacial score (nSPS) is 18.2. The van der Waals surface area contributed by atoms with Gasteiger partial charge in [0.05, 0.1) is 17.6 Å². The monoisotopic (exact) mass is 304 g/mol. The van der Waals surface area contributed by atoms with E-state index in [2.05, 4.69) is 25.6 Å². The maximum atomic E-state index is 11.6. The standard InChI is InChI=1S/C13H18N6O.C2H6/c14-12(20)9-6-16-13-11(17-7-18-13)10(9)19-8-2-1-4-15-5-3-8;1-2/h6-8,15H,1-5H2,(H2,14,20)(H2,16,17,18,19);1-2H3. The van der Waals surface area contributed by atoms with Gasteiger partial charge in [0.25, 0.3) is 5.91 Å². The molecule has 1 atom stereocenters. The van der Waals surface area contributed by atoms with Crippen LogP contribution in [0.4, 0.5) is 5.69 Å². The number of primary amides is 1. The number of H-pyrrole nitrogens is 1. The Bertz CT molecular complexity index is 616. The molecule has 0 radical (unpaired) electrons. The fraction of sp³-hybridized carbons (Fsp3) is 0.533. The number of nitrogens with two attached hydrogens (primary N) is 1. The van der Waals surface area contributed by atoms with Crippen LogP contribution < -0.4 is 16.4 Å². The number of hydrogen-bond acceptors (Lipinski definition) is 5. The highest BCUT2D eigenvalue weighted by Gasteiger charge is 2.19. The van der Waals surface area contributed by atoms with Crippen molar-refractivity contribution in [3.05, 3.63) is 18.1 Å². The number of nitrogens with zero attached hydrogens (tertiary/aromatic N) is 2. The Hall–Kier alpha value is -2.15. The lowest BCUT2D eigenvalue weighted by atomic mass is 10.1. The molecule has 22 heavy (non-hydrogen) atoms. The lowest BCUT2D eigenvalue weighted by Crippen LogP contribution is -2.24. The molecular formula is C15H24N6O. The molecule has 3 heterocycles. The molecule has 2 aromatic rings. The average molecular weight is 304 g/mol. The Kier molecular flexibility index (Phi) is 5.71. The zero-order valence-corrected chi connectivity index (χ0v) is 13.1. The predicted molar refractivity (Wildman–Crippen MR) is 87.9 cm³/mol. The van der Waals surface area contributed by atoms with Crippen LogP contribution in [0.2, 0.25) is 0 Å². The number of hydrogen-bond donors (Lipinski definition) is 4. The largest absolute Gasteiger partial charge is 0.380 e. The molecule has 1 fully saturated rings. The van der Waals surface area contributed by atoms with Gasteiger partial charge in [-0.2, -0.15) is 0 Å². The summed E-state index contributed by atoms with van der Waals surface area (Å²) in [7, 11) is 0. The van der Waals surface area contributed by atoms with Crippen molar-refractivity contribution in [2.75, 3.05) is 18.4 Å². The number of anilines is 1. The Balaban J connectivity index is 0.000000847. The van der Waals surface area contributed by atoms with E-state index in [1.807, 2.05) is 13.8 Å². The van der Waals surface area contributed by atoms with Crippen LogP contribution >= 0.6 is 0 Å². The summed E-state index contributed by atoms with van der Waals surface area (Å²) < 4.78 is 0. The van der Waals surface area contributed by atoms with Gasteiger partial charge in [-0.15, -0.1) is 0 Å². The molecule has 0 aromatic carbocycles. The molecular weight excluding hydrogens is 280 g/mol. The fourth-order valence-electron chi connectivity index (χ4n) is 2.60. The Morgan fingerprint density at radius 3 is 2.91 bits per heavy atom. The summed E-state index contributed by atoms with van der Waals surface area (Å²) in [6.45, 7) is 6.01. The van der Waals surface area contributed by atoms with Gasteiger partial charge in [0.15, 0.2) is 5.65 Å². The molecule has 1 saturated heterocycles. The Labute approximate surface area is 130 Å². The number of rotatable bonds is 3. The third-order valence-corrected chi connectivity index (χ3v) is 3.64. The first-order valence-corrected chi connectivity index (χ1v) is 7.85. The topological polar surface area (TPSA) is 109 Å². The fourth-order valence-corrected chi connectivity index (χ4v) is 2.60. The van der Waals surface area contributed by atoms with E-state index < -0.39 is 5.91 Å². The Morgan fingerprint density at radius 2 is 2.14 bits per heavy atom. The van der Waals surface area contributed by atoms with Crippen molar-refractivity contribution in [1.82, 2.24) is 20.3 Å². The van der Waals surface area contributed by atoms with Gasteiger partial charge in [-0.1, -0.05) is 13.8 Å².